The van der Waals surface area contributed by atoms with Crippen LogP contribution < -0.4 is 0 Å². The lowest BCUT2D eigenvalue weighted by Gasteiger charge is -2.24. The van der Waals surface area contributed by atoms with Crippen LogP contribution in [-0.2, 0) is 23.3 Å². The largest absolute Gasteiger partial charge is 0.507 e. The van der Waals surface area contributed by atoms with Gasteiger partial charge < -0.3 is 9.67 Å². The average Bonchev–Trinajstić information content (AvgIpc) is 3.31. The summed E-state index contributed by atoms with van der Waals surface area (Å²) in [6, 6.07) is 28.0. The van der Waals surface area contributed by atoms with Crippen molar-refractivity contribution in [2.24, 2.45) is 7.05 Å². The summed E-state index contributed by atoms with van der Waals surface area (Å²) in [7, 11) is 2.03. The van der Waals surface area contributed by atoms with Crippen LogP contribution in [0.3, 0.4) is 0 Å². The normalized spacial score (nSPS) is 12.8. The van der Waals surface area contributed by atoms with E-state index in [1.165, 1.54) is 11.1 Å². The molecule has 4 nitrogen and oxygen atoms in total. The summed E-state index contributed by atoms with van der Waals surface area (Å²) in [5.41, 5.74) is 11.7. The molecule has 0 amide bonds. The van der Waals surface area contributed by atoms with Gasteiger partial charge in [-0.2, -0.15) is 0 Å². The molecule has 6 rings (SSSR count). The Morgan fingerprint density at radius 3 is 1.87 bits per heavy atom. The fourth-order valence-corrected chi connectivity index (χ4v) is 6.09. The van der Waals surface area contributed by atoms with Crippen LogP contribution in [-0.4, -0.2) is 19.6 Å². The van der Waals surface area contributed by atoms with Crippen molar-refractivity contribution in [2.45, 2.75) is 78.6 Å². The molecule has 0 aliphatic rings. The number of imidazole rings is 1. The van der Waals surface area contributed by atoms with E-state index in [2.05, 4.69) is 128 Å². The quantitative estimate of drug-likeness (QED) is 0.221. The SMILES string of the molecule is Cn1c(-c2cc(C(C)(C)C)ccc2O)nc2c(-c3cc(-c4cc(C(C)(C)C)cc5cccnc45)cc(C(C)(C)C)c3)cccc21. The van der Waals surface area contributed by atoms with E-state index in [-0.39, 0.29) is 22.0 Å². The molecule has 0 unspecified atom stereocenters. The highest BCUT2D eigenvalue weighted by molar-refractivity contribution is 5.98. The summed E-state index contributed by atoms with van der Waals surface area (Å²) in [5, 5.41) is 12.1. The van der Waals surface area contributed by atoms with Gasteiger partial charge in [-0.15, -0.1) is 0 Å². The molecule has 0 aliphatic carbocycles. The standard InChI is InChI=1S/C41H45N3O/c1-39(2,3)28-16-17-35(45)33(23-28)38-43-37-31(14-11-15-34(37)44(38)10)26-19-27(22-29(21-26)40(4,5)6)32-24-30(41(7,8)9)20-25-13-12-18-42-36(25)32/h11-24,45H,1-10H3. The highest BCUT2D eigenvalue weighted by atomic mass is 16.3. The molecule has 4 aromatic carbocycles. The average molecular weight is 596 g/mol. The fraction of sp³-hybridized carbons (Fsp3) is 0.317. The first kappa shape index (κ1) is 30.6. The van der Waals surface area contributed by atoms with Gasteiger partial charge in [0.2, 0.25) is 0 Å². The predicted molar refractivity (Wildman–Crippen MR) is 190 cm³/mol. The highest BCUT2D eigenvalue weighted by Gasteiger charge is 2.23. The molecule has 0 saturated carbocycles. The molecule has 2 heterocycles. The number of phenolic OH excluding ortho intramolecular Hbond substituents is 1. The monoisotopic (exact) mass is 595 g/mol. The number of aryl methyl sites for hydroxylation is 1. The summed E-state index contributed by atoms with van der Waals surface area (Å²) in [6.45, 7) is 20.1. The number of hydrogen-bond donors (Lipinski definition) is 1. The predicted octanol–water partition coefficient (Wildman–Crippen LogP) is 10.7. The van der Waals surface area contributed by atoms with Crippen molar-refractivity contribution in [3.05, 3.63) is 102 Å². The maximum atomic E-state index is 11.0. The number of fused-ring (bicyclic) bond motifs is 2. The Bertz CT molecular complexity index is 2080. The summed E-state index contributed by atoms with van der Waals surface area (Å²) in [6.07, 6.45) is 1.89. The van der Waals surface area contributed by atoms with Crippen LogP contribution in [0.15, 0.2) is 85.1 Å². The van der Waals surface area contributed by atoms with Crippen molar-refractivity contribution in [1.29, 1.82) is 0 Å². The second-order valence-corrected chi connectivity index (χ2v) is 15.5. The zero-order chi connectivity index (χ0) is 32.5. The maximum absolute atomic E-state index is 11.0. The third kappa shape index (κ3) is 5.63. The maximum Gasteiger partial charge on any atom is 0.144 e. The van der Waals surface area contributed by atoms with Gasteiger partial charge in [-0.1, -0.05) is 98.7 Å². The van der Waals surface area contributed by atoms with Gasteiger partial charge in [0.1, 0.15) is 11.6 Å². The first-order valence-corrected chi connectivity index (χ1v) is 15.9. The molecule has 0 saturated heterocycles. The Balaban J connectivity index is 1.61. The van der Waals surface area contributed by atoms with Crippen LogP contribution in [0.4, 0.5) is 0 Å². The molecular weight excluding hydrogens is 550 g/mol. The van der Waals surface area contributed by atoms with Gasteiger partial charge in [0.05, 0.1) is 22.1 Å². The molecular formula is C41H45N3O. The summed E-state index contributed by atoms with van der Waals surface area (Å²) in [5.74, 6) is 0.986. The first-order chi connectivity index (χ1) is 21.0. The Labute approximate surface area is 267 Å². The Hall–Kier alpha value is -4.44. The van der Waals surface area contributed by atoms with Crippen LogP contribution in [0.5, 0.6) is 5.75 Å². The fourth-order valence-electron chi connectivity index (χ4n) is 6.09. The number of para-hydroxylation sites is 1. The van der Waals surface area contributed by atoms with Crippen molar-refractivity contribution >= 4 is 21.9 Å². The zero-order valence-electron chi connectivity index (χ0n) is 28.4. The minimum atomic E-state index is -0.0714. The van der Waals surface area contributed by atoms with Crippen molar-refractivity contribution in [3.8, 4) is 39.4 Å². The lowest BCUT2D eigenvalue weighted by Crippen LogP contribution is -2.12. The number of phenols is 1. The summed E-state index contributed by atoms with van der Waals surface area (Å²) >= 11 is 0. The topological polar surface area (TPSA) is 50.9 Å². The number of rotatable bonds is 3. The second-order valence-electron chi connectivity index (χ2n) is 15.5. The number of pyridine rings is 1. The number of hydrogen-bond acceptors (Lipinski definition) is 3. The van der Waals surface area contributed by atoms with Crippen molar-refractivity contribution in [1.82, 2.24) is 14.5 Å². The second kappa shape index (κ2) is 10.6. The van der Waals surface area contributed by atoms with E-state index < -0.39 is 0 Å². The first-order valence-electron chi connectivity index (χ1n) is 15.9. The molecule has 45 heavy (non-hydrogen) atoms. The third-order valence-electron chi connectivity index (χ3n) is 9.01. The number of nitrogens with zero attached hydrogens (tertiary/aromatic N) is 3. The molecule has 0 atom stereocenters. The van der Waals surface area contributed by atoms with Gasteiger partial charge in [0.25, 0.3) is 0 Å². The van der Waals surface area contributed by atoms with Gasteiger partial charge in [0.15, 0.2) is 0 Å². The Morgan fingerprint density at radius 1 is 0.578 bits per heavy atom. The molecule has 0 fully saturated rings. The van der Waals surface area contributed by atoms with E-state index in [1.54, 1.807) is 6.07 Å². The van der Waals surface area contributed by atoms with E-state index in [0.29, 0.717) is 0 Å². The van der Waals surface area contributed by atoms with Crippen LogP contribution in [0.1, 0.15) is 79.0 Å². The summed E-state index contributed by atoms with van der Waals surface area (Å²) in [4.78, 5) is 10.1. The van der Waals surface area contributed by atoms with Crippen LogP contribution >= 0.6 is 0 Å². The minimum absolute atomic E-state index is 0.00491. The lowest BCUT2D eigenvalue weighted by molar-refractivity contribution is 0.475. The van der Waals surface area contributed by atoms with E-state index in [0.717, 1.165) is 61.1 Å². The summed E-state index contributed by atoms with van der Waals surface area (Å²) < 4.78 is 2.10. The minimum Gasteiger partial charge on any atom is -0.507 e. The van der Waals surface area contributed by atoms with E-state index in [9.17, 15) is 5.11 Å². The van der Waals surface area contributed by atoms with E-state index >= 15 is 0 Å². The number of aromatic hydroxyl groups is 1. The molecule has 2 aromatic heterocycles. The lowest BCUT2D eigenvalue weighted by atomic mass is 9.81. The third-order valence-corrected chi connectivity index (χ3v) is 9.01. The van der Waals surface area contributed by atoms with Gasteiger partial charge in [-0.3, -0.25) is 4.98 Å². The van der Waals surface area contributed by atoms with Crippen molar-refractivity contribution < 1.29 is 5.11 Å². The Morgan fingerprint density at radius 2 is 1.20 bits per heavy atom. The molecule has 0 aliphatic heterocycles. The van der Waals surface area contributed by atoms with Gasteiger partial charge >= 0.3 is 0 Å². The molecule has 0 bridgehead atoms. The Kier molecular flexibility index (Phi) is 7.19. The molecule has 0 radical (unpaired) electrons. The van der Waals surface area contributed by atoms with Crippen molar-refractivity contribution in [3.63, 3.8) is 0 Å². The van der Waals surface area contributed by atoms with E-state index in [4.69, 9.17) is 9.97 Å². The molecule has 1 N–H and O–H groups in total. The van der Waals surface area contributed by atoms with Crippen LogP contribution in [0.25, 0.3) is 55.6 Å². The van der Waals surface area contributed by atoms with Gasteiger partial charge in [-0.25, -0.2) is 4.98 Å². The molecule has 4 heteroatoms. The van der Waals surface area contributed by atoms with Crippen molar-refractivity contribution in [2.75, 3.05) is 0 Å². The molecule has 230 valence electrons. The zero-order valence-corrected chi connectivity index (χ0v) is 28.4. The van der Waals surface area contributed by atoms with Gasteiger partial charge in [-0.05, 0) is 86.5 Å². The molecule has 0 spiro atoms. The van der Waals surface area contributed by atoms with Crippen LogP contribution in [0, 0.1) is 0 Å². The highest BCUT2D eigenvalue weighted by Crippen LogP contribution is 2.41. The number of benzene rings is 4. The van der Waals surface area contributed by atoms with E-state index in [1.807, 2.05) is 25.4 Å². The van der Waals surface area contributed by atoms with Gasteiger partial charge in [0, 0.05) is 29.8 Å². The molecule has 6 aromatic rings. The number of aromatic nitrogens is 3. The smallest absolute Gasteiger partial charge is 0.144 e. The van der Waals surface area contributed by atoms with Crippen LogP contribution in [0.2, 0.25) is 0 Å².